The number of methoxy groups -OCH3 is 1. The molecule has 0 atom stereocenters. The number of nitrogens with zero attached hydrogens (tertiary/aromatic N) is 1. The van der Waals surface area contributed by atoms with Gasteiger partial charge in [-0.25, -0.2) is 5.43 Å². The van der Waals surface area contributed by atoms with Crippen molar-refractivity contribution in [3.63, 3.8) is 0 Å². The Hall–Kier alpha value is -3.02. The van der Waals surface area contributed by atoms with Crippen LogP contribution in [0, 0.1) is 0 Å². The summed E-state index contributed by atoms with van der Waals surface area (Å²) in [7, 11) is 1.57. The van der Waals surface area contributed by atoms with Crippen LogP contribution in [0.4, 0.5) is 0 Å². The number of ether oxygens (including phenoxy) is 2. The van der Waals surface area contributed by atoms with Gasteiger partial charge in [0.05, 0.1) is 23.9 Å². The number of amides is 1. The topological polar surface area (TPSA) is 59.9 Å². The summed E-state index contributed by atoms with van der Waals surface area (Å²) in [6, 6.07) is 19.8. The molecule has 0 saturated heterocycles. The van der Waals surface area contributed by atoms with Crippen molar-refractivity contribution >= 4 is 35.3 Å². The Bertz CT molecular complexity index is 1020. The first kappa shape index (κ1) is 20.7. The van der Waals surface area contributed by atoms with Crippen molar-refractivity contribution in [2.24, 2.45) is 5.10 Å². The van der Waals surface area contributed by atoms with Gasteiger partial charge in [0, 0.05) is 10.6 Å². The van der Waals surface area contributed by atoms with Crippen LogP contribution in [0.2, 0.25) is 10.0 Å². The van der Waals surface area contributed by atoms with Gasteiger partial charge >= 0.3 is 0 Å². The van der Waals surface area contributed by atoms with Crippen LogP contribution < -0.4 is 14.9 Å². The smallest absolute Gasteiger partial charge is 0.272 e. The van der Waals surface area contributed by atoms with Gasteiger partial charge in [0.2, 0.25) is 0 Å². The molecule has 0 aliphatic rings. The van der Waals surface area contributed by atoms with E-state index in [0.29, 0.717) is 28.7 Å². The van der Waals surface area contributed by atoms with Crippen molar-refractivity contribution < 1.29 is 14.3 Å². The molecule has 0 aliphatic carbocycles. The molecule has 5 nitrogen and oxygen atoms in total. The average Bonchev–Trinajstić information content (AvgIpc) is 2.73. The summed E-state index contributed by atoms with van der Waals surface area (Å²) in [6.07, 6.45) is 1.49. The van der Waals surface area contributed by atoms with E-state index in [4.69, 9.17) is 32.7 Å². The van der Waals surface area contributed by atoms with E-state index in [0.717, 1.165) is 5.56 Å². The summed E-state index contributed by atoms with van der Waals surface area (Å²) in [5.41, 5.74) is 4.41. The first-order chi connectivity index (χ1) is 14.1. The molecule has 3 aromatic rings. The number of hydrazone groups is 1. The van der Waals surface area contributed by atoms with Gasteiger partial charge in [0.15, 0.2) is 11.5 Å². The average molecular weight is 429 g/mol. The minimum Gasteiger partial charge on any atom is -0.493 e. The van der Waals surface area contributed by atoms with E-state index in [9.17, 15) is 4.79 Å². The van der Waals surface area contributed by atoms with Gasteiger partial charge in [-0.1, -0.05) is 59.6 Å². The molecule has 3 rings (SSSR count). The molecule has 148 valence electrons. The van der Waals surface area contributed by atoms with Crippen molar-refractivity contribution in [2.75, 3.05) is 7.11 Å². The molecule has 0 aliphatic heterocycles. The fraction of sp³-hybridized carbons (Fsp3) is 0.0909. The van der Waals surface area contributed by atoms with Gasteiger partial charge in [0.1, 0.15) is 6.61 Å². The van der Waals surface area contributed by atoms with Gasteiger partial charge in [0.25, 0.3) is 5.91 Å². The summed E-state index contributed by atoms with van der Waals surface area (Å²) < 4.78 is 11.3. The van der Waals surface area contributed by atoms with E-state index in [2.05, 4.69) is 10.5 Å². The van der Waals surface area contributed by atoms with E-state index in [1.165, 1.54) is 18.3 Å². The number of benzene rings is 3. The molecule has 0 heterocycles. The number of halogens is 2. The Morgan fingerprint density at radius 1 is 1.07 bits per heavy atom. The lowest BCUT2D eigenvalue weighted by molar-refractivity contribution is 0.0955. The zero-order valence-electron chi connectivity index (χ0n) is 15.6. The Labute approximate surface area is 178 Å². The van der Waals surface area contributed by atoms with Gasteiger partial charge in [-0.2, -0.15) is 5.10 Å². The minimum atomic E-state index is -0.447. The molecule has 0 spiro atoms. The summed E-state index contributed by atoms with van der Waals surface area (Å²) in [4.78, 5) is 12.3. The van der Waals surface area contributed by atoms with Crippen LogP contribution in [0.1, 0.15) is 21.5 Å². The highest BCUT2D eigenvalue weighted by molar-refractivity contribution is 6.36. The molecule has 0 bridgehead atoms. The highest BCUT2D eigenvalue weighted by atomic mass is 35.5. The lowest BCUT2D eigenvalue weighted by Crippen LogP contribution is -2.18. The summed E-state index contributed by atoms with van der Waals surface area (Å²) in [6.45, 7) is 0.370. The highest BCUT2D eigenvalue weighted by Gasteiger charge is 2.12. The first-order valence-corrected chi connectivity index (χ1v) is 9.46. The van der Waals surface area contributed by atoms with Crippen LogP contribution in [0.25, 0.3) is 0 Å². The lowest BCUT2D eigenvalue weighted by atomic mass is 10.2. The molecule has 7 heteroatoms. The maximum absolute atomic E-state index is 12.3. The second-order valence-corrected chi connectivity index (χ2v) is 6.82. The largest absolute Gasteiger partial charge is 0.493 e. The monoisotopic (exact) mass is 428 g/mol. The summed E-state index contributed by atoms with van der Waals surface area (Å²) >= 11 is 11.9. The lowest BCUT2D eigenvalue weighted by Gasteiger charge is -2.13. The van der Waals surface area contributed by atoms with Gasteiger partial charge in [-0.15, -0.1) is 0 Å². The third-order valence-electron chi connectivity index (χ3n) is 4.00. The fourth-order valence-electron chi connectivity index (χ4n) is 2.57. The Morgan fingerprint density at radius 3 is 2.59 bits per heavy atom. The molecule has 0 saturated carbocycles. The number of nitrogens with one attached hydrogen (secondary N) is 1. The van der Waals surface area contributed by atoms with E-state index < -0.39 is 5.91 Å². The van der Waals surface area contributed by atoms with E-state index >= 15 is 0 Å². The number of rotatable bonds is 7. The van der Waals surface area contributed by atoms with Crippen molar-refractivity contribution in [2.45, 2.75) is 6.61 Å². The van der Waals surface area contributed by atoms with Crippen LogP contribution in [-0.2, 0) is 6.61 Å². The normalized spacial score (nSPS) is 10.7. The third-order valence-corrected chi connectivity index (χ3v) is 4.55. The minimum absolute atomic E-state index is 0.249. The zero-order chi connectivity index (χ0) is 20.6. The first-order valence-electron chi connectivity index (χ1n) is 8.70. The van der Waals surface area contributed by atoms with Crippen LogP contribution in [0.5, 0.6) is 11.5 Å². The van der Waals surface area contributed by atoms with Crippen molar-refractivity contribution in [3.05, 3.63) is 93.5 Å². The van der Waals surface area contributed by atoms with Crippen molar-refractivity contribution in [1.82, 2.24) is 5.43 Å². The Morgan fingerprint density at radius 2 is 1.86 bits per heavy atom. The standard InChI is InChI=1S/C22H18Cl2N2O3/c1-28-20-9-5-8-16(21(20)29-14-15-6-3-2-4-7-15)13-25-26-22(27)18-11-10-17(23)12-19(18)24/h2-13H,14H2,1H3,(H,26,27)/b25-13+. The number of hydrogen-bond acceptors (Lipinski definition) is 4. The molecular weight excluding hydrogens is 411 g/mol. The molecular formula is C22H18Cl2N2O3. The van der Waals surface area contributed by atoms with Crippen molar-refractivity contribution in [1.29, 1.82) is 0 Å². The van der Waals surface area contributed by atoms with Gasteiger partial charge in [-0.3, -0.25) is 4.79 Å². The molecule has 3 aromatic carbocycles. The zero-order valence-corrected chi connectivity index (χ0v) is 17.1. The predicted octanol–water partition coefficient (Wildman–Crippen LogP) is 5.34. The maximum Gasteiger partial charge on any atom is 0.272 e. The molecule has 0 radical (unpaired) electrons. The molecule has 0 unspecified atom stereocenters. The second-order valence-electron chi connectivity index (χ2n) is 5.98. The molecule has 1 N–H and O–H groups in total. The fourth-order valence-corrected chi connectivity index (χ4v) is 3.07. The molecule has 1 amide bonds. The molecule has 0 aromatic heterocycles. The predicted molar refractivity (Wildman–Crippen MR) is 115 cm³/mol. The van der Waals surface area contributed by atoms with Crippen LogP contribution >= 0.6 is 23.2 Å². The molecule has 0 fully saturated rings. The van der Waals surface area contributed by atoms with E-state index in [1.807, 2.05) is 42.5 Å². The Kier molecular flexibility index (Phi) is 7.11. The van der Waals surface area contributed by atoms with Gasteiger partial charge in [-0.05, 0) is 35.9 Å². The van der Waals surface area contributed by atoms with E-state index in [1.54, 1.807) is 19.2 Å². The summed E-state index contributed by atoms with van der Waals surface area (Å²) in [5.74, 6) is 0.649. The van der Waals surface area contributed by atoms with E-state index in [-0.39, 0.29) is 10.6 Å². The van der Waals surface area contributed by atoms with Crippen molar-refractivity contribution in [3.8, 4) is 11.5 Å². The van der Waals surface area contributed by atoms with Crippen LogP contribution in [0.3, 0.4) is 0 Å². The Balaban J connectivity index is 1.74. The maximum atomic E-state index is 12.3. The number of hydrogen-bond donors (Lipinski definition) is 1. The van der Waals surface area contributed by atoms with Crippen LogP contribution in [-0.4, -0.2) is 19.2 Å². The number of para-hydroxylation sites is 1. The van der Waals surface area contributed by atoms with Gasteiger partial charge < -0.3 is 9.47 Å². The second kappa shape index (κ2) is 9.96. The summed E-state index contributed by atoms with van der Waals surface area (Å²) in [5, 5.41) is 4.72. The quantitative estimate of drug-likeness (QED) is 0.407. The third kappa shape index (κ3) is 5.50. The SMILES string of the molecule is COc1cccc(/C=N/NC(=O)c2ccc(Cl)cc2Cl)c1OCc1ccccc1. The van der Waals surface area contributed by atoms with Crippen LogP contribution in [0.15, 0.2) is 71.8 Å². The highest BCUT2D eigenvalue weighted by Crippen LogP contribution is 2.31. The number of carbonyl (C=O) groups is 1. The molecule has 29 heavy (non-hydrogen) atoms. The number of carbonyl (C=O) groups excluding carboxylic acids is 1.